The molecule has 35 heavy (non-hydrogen) atoms. The summed E-state index contributed by atoms with van der Waals surface area (Å²) in [5.41, 5.74) is 3.64. The van der Waals surface area contributed by atoms with Crippen molar-refractivity contribution in [2.75, 3.05) is 31.1 Å². The van der Waals surface area contributed by atoms with Crippen LogP contribution in [0.25, 0.3) is 0 Å². The number of rotatable bonds is 7. The Morgan fingerprint density at radius 1 is 0.886 bits per heavy atom. The third-order valence-corrected chi connectivity index (χ3v) is 6.73. The molecule has 0 aliphatic carbocycles. The highest BCUT2D eigenvalue weighted by atomic mass is 16.5. The van der Waals surface area contributed by atoms with E-state index in [-0.39, 0.29) is 18.2 Å². The van der Waals surface area contributed by atoms with Gasteiger partial charge in [-0.15, -0.1) is 0 Å². The van der Waals surface area contributed by atoms with Crippen LogP contribution < -0.4 is 19.3 Å². The molecule has 0 spiro atoms. The molecule has 0 unspecified atom stereocenters. The first-order valence-electron chi connectivity index (χ1n) is 11.8. The zero-order valence-corrected chi connectivity index (χ0v) is 20.9. The lowest BCUT2D eigenvalue weighted by atomic mass is 9.91. The Kier molecular flexibility index (Phi) is 7.10. The van der Waals surface area contributed by atoms with Crippen molar-refractivity contribution >= 4 is 23.2 Å². The molecule has 2 atom stereocenters. The van der Waals surface area contributed by atoms with Gasteiger partial charge < -0.3 is 19.3 Å². The Bertz CT molecular complexity index is 1170. The van der Waals surface area contributed by atoms with E-state index in [9.17, 15) is 9.59 Å². The maximum Gasteiger partial charge on any atom is 0.232 e. The Morgan fingerprint density at radius 2 is 1.43 bits per heavy atom. The van der Waals surface area contributed by atoms with Crippen molar-refractivity contribution in [3.63, 3.8) is 0 Å². The number of carbonyl (C=O) groups excluding carboxylic acids is 2. The van der Waals surface area contributed by atoms with Crippen molar-refractivity contribution in [1.29, 1.82) is 0 Å². The van der Waals surface area contributed by atoms with Crippen molar-refractivity contribution in [3.8, 4) is 11.5 Å². The lowest BCUT2D eigenvalue weighted by molar-refractivity contribution is -0.124. The number of nitrogens with zero attached hydrogens (tertiary/aromatic N) is 2. The van der Waals surface area contributed by atoms with Crippen molar-refractivity contribution < 1.29 is 19.1 Å². The maximum absolute atomic E-state index is 13.8. The summed E-state index contributed by atoms with van der Waals surface area (Å²) in [4.78, 5) is 30.5. The first kappa shape index (κ1) is 24.3. The Morgan fingerprint density at radius 3 is 1.94 bits per heavy atom. The van der Waals surface area contributed by atoms with Crippen molar-refractivity contribution in [2.24, 2.45) is 5.92 Å². The van der Waals surface area contributed by atoms with Crippen molar-refractivity contribution in [3.05, 3.63) is 83.9 Å². The summed E-state index contributed by atoms with van der Waals surface area (Å²) in [7, 11) is 5.00. The molecule has 0 aromatic heterocycles. The lowest BCUT2D eigenvalue weighted by Crippen LogP contribution is -2.37. The van der Waals surface area contributed by atoms with E-state index in [0.717, 1.165) is 22.7 Å². The van der Waals surface area contributed by atoms with Crippen LogP contribution in [-0.4, -0.2) is 33.1 Å². The van der Waals surface area contributed by atoms with E-state index < -0.39 is 12.0 Å². The van der Waals surface area contributed by atoms with E-state index in [2.05, 4.69) is 13.8 Å². The van der Waals surface area contributed by atoms with Gasteiger partial charge in [-0.3, -0.25) is 9.59 Å². The Balaban J connectivity index is 1.70. The predicted octanol–water partition coefficient (Wildman–Crippen LogP) is 5.58. The smallest absolute Gasteiger partial charge is 0.232 e. The number of ether oxygens (including phenoxy) is 2. The molecule has 1 aliphatic heterocycles. The van der Waals surface area contributed by atoms with Crippen LogP contribution in [0.15, 0.2) is 72.8 Å². The second-order valence-electron chi connectivity index (χ2n) is 9.13. The summed E-state index contributed by atoms with van der Waals surface area (Å²) in [5.74, 6) is 1.13. The van der Waals surface area contributed by atoms with E-state index in [4.69, 9.17) is 9.47 Å². The molecule has 0 bridgehead atoms. The van der Waals surface area contributed by atoms with Gasteiger partial charge in [-0.2, -0.15) is 0 Å². The number of amides is 2. The van der Waals surface area contributed by atoms with Gasteiger partial charge >= 0.3 is 0 Å². The van der Waals surface area contributed by atoms with Crippen molar-refractivity contribution in [2.45, 2.75) is 32.2 Å². The van der Waals surface area contributed by atoms with Crippen LogP contribution in [0, 0.1) is 5.92 Å². The molecule has 0 saturated carbocycles. The minimum atomic E-state index is -0.534. The quantitative estimate of drug-likeness (QED) is 0.450. The zero-order valence-electron chi connectivity index (χ0n) is 20.9. The first-order valence-corrected chi connectivity index (χ1v) is 11.8. The molecule has 4 rings (SSSR count). The molecule has 1 aliphatic rings. The van der Waals surface area contributed by atoms with Gasteiger partial charge in [0.05, 0.1) is 26.2 Å². The molecule has 0 N–H and O–H groups in total. The van der Waals surface area contributed by atoms with Gasteiger partial charge in [-0.1, -0.05) is 38.1 Å². The number of carbonyl (C=O) groups is 2. The van der Waals surface area contributed by atoms with Gasteiger partial charge in [-0.25, -0.2) is 0 Å². The van der Waals surface area contributed by atoms with Crippen LogP contribution >= 0.6 is 0 Å². The number of hydrogen-bond acceptors (Lipinski definition) is 4. The number of methoxy groups -OCH3 is 2. The largest absolute Gasteiger partial charge is 0.497 e. The SMILES string of the molecule is COc1ccc([C@@H]2[C@@H](C(=O)N(C)c3ccc(C(C)C)cc3)CC(=O)N2c2ccc(OC)cc2)cc1. The minimum Gasteiger partial charge on any atom is -0.497 e. The van der Waals surface area contributed by atoms with Gasteiger partial charge in [-0.05, 0) is 65.6 Å². The highest BCUT2D eigenvalue weighted by Gasteiger charge is 2.46. The summed E-state index contributed by atoms with van der Waals surface area (Å²) >= 11 is 0. The standard InChI is InChI=1S/C29H32N2O4/c1-19(2)20-6-10-22(11-7-20)30(3)29(33)26-18-27(32)31(23-12-16-25(35-5)17-13-23)28(26)21-8-14-24(34-4)15-9-21/h6-17,19,26,28H,18H2,1-5H3/t26-,28+/m0/s1. The average molecular weight is 473 g/mol. The van der Waals surface area contributed by atoms with Crippen LogP contribution in [0.2, 0.25) is 0 Å². The van der Waals surface area contributed by atoms with Crippen LogP contribution in [0.5, 0.6) is 11.5 Å². The highest BCUT2D eigenvalue weighted by Crippen LogP contribution is 2.43. The minimum absolute atomic E-state index is 0.0853. The fourth-order valence-electron chi connectivity index (χ4n) is 4.64. The summed E-state index contributed by atoms with van der Waals surface area (Å²) in [6.45, 7) is 4.28. The van der Waals surface area contributed by atoms with Crippen LogP contribution in [0.4, 0.5) is 11.4 Å². The molecule has 1 heterocycles. The summed E-state index contributed by atoms with van der Waals surface area (Å²) in [6.07, 6.45) is 0.135. The van der Waals surface area contributed by atoms with E-state index >= 15 is 0 Å². The number of benzene rings is 3. The van der Waals surface area contributed by atoms with E-state index in [1.54, 1.807) is 31.1 Å². The average Bonchev–Trinajstić information content (AvgIpc) is 3.24. The summed E-state index contributed by atoms with van der Waals surface area (Å²) < 4.78 is 10.6. The molecule has 3 aromatic carbocycles. The number of hydrogen-bond donors (Lipinski definition) is 0. The molecule has 2 amide bonds. The van der Waals surface area contributed by atoms with Crippen LogP contribution in [0.3, 0.4) is 0 Å². The lowest BCUT2D eigenvalue weighted by Gasteiger charge is -2.30. The van der Waals surface area contributed by atoms with Crippen molar-refractivity contribution in [1.82, 2.24) is 0 Å². The first-order chi connectivity index (χ1) is 16.8. The van der Waals surface area contributed by atoms with E-state index in [0.29, 0.717) is 11.7 Å². The fraction of sp³-hybridized carbons (Fsp3) is 0.310. The normalized spacial score (nSPS) is 17.5. The highest BCUT2D eigenvalue weighted by molar-refractivity contribution is 6.05. The molecular formula is C29H32N2O4. The number of anilines is 2. The molecule has 0 radical (unpaired) electrons. The van der Waals surface area contributed by atoms with Gasteiger partial charge in [0.1, 0.15) is 11.5 Å². The third-order valence-electron chi connectivity index (χ3n) is 6.73. The molecular weight excluding hydrogens is 440 g/mol. The van der Waals surface area contributed by atoms with Gasteiger partial charge in [0.15, 0.2) is 0 Å². The Hall–Kier alpha value is -3.80. The monoisotopic (exact) mass is 472 g/mol. The third kappa shape index (κ3) is 4.87. The fourth-order valence-corrected chi connectivity index (χ4v) is 4.64. The second kappa shape index (κ2) is 10.2. The molecule has 3 aromatic rings. The molecule has 6 heteroatoms. The topological polar surface area (TPSA) is 59.1 Å². The predicted molar refractivity (Wildman–Crippen MR) is 138 cm³/mol. The maximum atomic E-state index is 13.8. The molecule has 182 valence electrons. The molecule has 1 saturated heterocycles. The van der Waals surface area contributed by atoms with Gasteiger partial charge in [0.25, 0.3) is 0 Å². The van der Waals surface area contributed by atoms with Crippen LogP contribution in [-0.2, 0) is 9.59 Å². The zero-order chi connectivity index (χ0) is 25.1. The molecule has 6 nitrogen and oxygen atoms in total. The van der Waals surface area contributed by atoms with E-state index in [1.165, 1.54) is 5.56 Å². The summed E-state index contributed by atoms with van der Waals surface area (Å²) in [6, 6.07) is 22.5. The van der Waals surface area contributed by atoms with Gasteiger partial charge in [0, 0.05) is 24.8 Å². The summed E-state index contributed by atoms with van der Waals surface area (Å²) in [5, 5.41) is 0. The second-order valence-corrected chi connectivity index (χ2v) is 9.13. The van der Waals surface area contributed by atoms with Crippen LogP contribution in [0.1, 0.15) is 43.4 Å². The molecule has 1 fully saturated rings. The van der Waals surface area contributed by atoms with Gasteiger partial charge in [0.2, 0.25) is 11.8 Å². The Labute approximate surface area is 207 Å². The van der Waals surface area contributed by atoms with E-state index in [1.807, 2.05) is 72.8 Å².